The summed E-state index contributed by atoms with van der Waals surface area (Å²) in [6, 6.07) is 12.9. The molecule has 3 aromatic heterocycles. The molecule has 0 aliphatic heterocycles. The number of carbonyl (C=O) groups excluding carboxylic acids is 1. The highest BCUT2D eigenvalue weighted by molar-refractivity contribution is 5.88. The Morgan fingerprint density at radius 2 is 1.97 bits per heavy atom. The third kappa shape index (κ3) is 6.80. The van der Waals surface area contributed by atoms with Crippen LogP contribution in [0.2, 0.25) is 0 Å². The molecule has 11 heteroatoms. The first-order valence-electron chi connectivity index (χ1n) is 13.5. The van der Waals surface area contributed by atoms with E-state index in [-0.39, 0.29) is 13.2 Å². The maximum Gasteiger partial charge on any atom is 0.231 e. The molecule has 39 heavy (non-hydrogen) atoms. The number of amides is 1. The Bertz CT molecular complexity index is 1350. The Kier molecular flexibility index (Phi) is 8.50. The van der Waals surface area contributed by atoms with E-state index in [4.69, 9.17) is 15.8 Å². The van der Waals surface area contributed by atoms with Crippen molar-refractivity contribution in [3.05, 3.63) is 66.9 Å². The van der Waals surface area contributed by atoms with Gasteiger partial charge in [0.2, 0.25) is 5.91 Å². The summed E-state index contributed by atoms with van der Waals surface area (Å²) < 4.78 is 3.89. The Morgan fingerprint density at radius 3 is 2.67 bits per heavy atom. The Balaban J connectivity index is 1.27. The average Bonchev–Trinajstić information content (AvgIpc) is 3.45. The van der Waals surface area contributed by atoms with Gasteiger partial charge in [-0.3, -0.25) is 9.69 Å². The minimum Gasteiger partial charge on any atom is -0.396 e. The summed E-state index contributed by atoms with van der Waals surface area (Å²) in [5.74, 6) is 0.476. The molecule has 0 radical (unpaired) electrons. The van der Waals surface area contributed by atoms with Crippen molar-refractivity contribution in [2.45, 2.75) is 50.9 Å². The van der Waals surface area contributed by atoms with Crippen molar-refractivity contribution in [3.63, 3.8) is 0 Å². The summed E-state index contributed by atoms with van der Waals surface area (Å²) in [5.41, 5.74) is 8.40. The maximum absolute atomic E-state index is 11.4. The van der Waals surface area contributed by atoms with Crippen LogP contribution in [0.5, 0.6) is 0 Å². The molecule has 1 unspecified atom stereocenters. The molecular weight excluding hydrogens is 496 g/mol. The number of nitrogens with zero attached hydrogens (tertiary/aromatic N) is 7. The molecule has 3 heterocycles. The first-order chi connectivity index (χ1) is 19.0. The molecule has 0 saturated heterocycles. The SMILES string of the molecule is NC(=O)CN(CCCO)CC(O)CCn1ccc2c(N(Cc3ccc(-n4cccn4)cc3)C3CC3)ncnc21. The van der Waals surface area contributed by atoms with E-state index in [0.29, 0.717) is 38.5 Å². The van der Waals surface area contributed by atoms with E-state index >= 15 is 0 Å². The molecule has 1 atom stereocenters. The van der Waals surface area contributed by atoms with Crippen LogP contribution < -0.4 is 10.6 Å². The number of benzene rings is 1. The molecule has 0 spiro atoms. The van der Waals surface area contributed by atoms with Crippen molar-refractivity contribution in [3.8, 4) is 5.69 Å². The number of nitrogens with two attached hydrogens (primary N) is 1. The smallest absolute Gasteiger partial charge is 0.231 e. The molecule has 1 saturated carbocycles. The number of carbonyl (C=O) groups is 1. The molecule has 1 fully saturated rings. The highest BCUT2D eigenvalue weighted by Crippen LogP contribution is 2.35. The monoisotopic (exact) mass is 532 g/mol. The number of aliphatic hydroxyl groups excluding tert-OH is 2. The van der Waals surface area contributed by atoms with Crippen LogP contribution in [-0.4, -0.2) is 83.7 Å². The van der Waals surface area contributed by atoms with Gasteiger partial charge in [0.15, 0.2) is 0 Å². The Labute approximate surface area is 227 Å². The van der Waals surface area contributed by atoms with E-state index in [9.17, 15) is 9.90 Å². The van der Waals surface area contributed by atoms with Gasteiger partial charge in [-0.2, -0.15) is 5.10 Å². The van der Waals surface area contributed by atoms with Gasteiger partial charge in [-0.15, -0.1) is 0 Å². The van der Waals surface area contributed by atoms with Gasteiger partial charge >= 0.3 is 0 Å². The number of hydrogen-bond acceptors (Lipinski definition) is 8. The number of fused-ring (bicyclic) bond motifs is 1. The second kappa shape index (κ2) is 12.4. The van der Waals surface area contributed by atoms with Crippen molar-refractivity contribution >= 4 is 22.8 Å². The van der Waals surface area contributed by atoms with E-state index in [1.165, 1.54) is 5.56 Å². The van der Waals surface area contributed by atoms with Crippen LogP contribution in [0.15, 0.2) is 61.3 Å². The lowest BCUT2D eigenvalue weighted by Crippen LogP contribution is -2.39. The van der Waals surface area contributed by atoms with Crippen LogP contribution in [0.1, 0.15) is 31.2 Å². The van der Waals surface area contributed by atoms with Crippen LogP contribution >= 0.6 is 0 Å². The number of aryl methyl sites for hydroxylation is 1. The van der Waals surface area contributed by atoms with Gasteiger partial charge in [0.1, 0.15) is 17.8 Å². The molecule has 4 N–H and O–H groups in total. The Morgan fingerprint density at radius 1 is 1.15 bits per heavy atom. The first-order valence-corrected chi connectivity index (χ1v) is 13.5. The quantitative estimate of drug-likeness (QED) is 0.210. The second-order valence-electron chi connectivity index (χ2n) is 10.1. The van der Waals surface area contributed by atoms with Crippen LogP contribution in [0.4, 0.5) is 5.82 Å². The number of anilines is 1. The molecule has 5 rings (SSSR count). The fraction of sp³-hybridized carbons (Fsp3) is 0.429. The molecule has 1 aliphatic rings. The summed E-state index contributed by atoms with van der Waals surface area (Å²) in [6.07, 6.45) is 9.96. The van der Waals surface area contributed by atoms with Gasteiger partial charge in [-0.05, 0) is 55.5 Å². The lowest BCUT2D eigenvalue weighted by Gasteiger charge is -2.24. The maximum atomic E-state index is 11.4. The lowest BCUT2D eigenvalue weighted by molar-refractivity contribution is -0.119. The second-order valence-corrected chi connectivity index (χ2v) is 10.1. The number of aromatic nitrogens is 5. The van der Waals surface area contributed by atoms with Gasteiger partial charge in [-0.1, -0.05) is 12.1 Å². The predicted octanol–water partition coefficient (Wildman–Crippen LogP) is 1.71. The van der Waals surface area contributed by atoms with E-state index in [0.717, 1.165) is 41.9 Å². The molecule has 1 amide bonds. The third-order valence-corrected chi connectivity index (χ3v) is 7.04. The summed E-state index contributed by atoms with van der Waals surface area (Å²) >= 11 is 0. The topological polar surface area (TPSA) is 139 Å². The number of hydrogen-bond donors (Lipinski definition) is 3. The van der Waals surface area contributed by atoms with Gasteiger partial charge < -0.3 is 25.4 Å². The highest BCUT2D eigenvalue weighted by atomic mass is 16.3. The van der Waals surface area contributed by atoms with Gasteiger partial charge in [0.05, 0.1) is 23.7 Å². The minimum absolute atomic E-state index is 0.0250. The van der Waals surface area contributed by atoms with Crippen LogP contribution in [0.25, 0.3) is 16.7 Å². The van der Waals surface area contributed by atoms with E-state index in [2.05, 4.69) is 39.2 Å². The summed E-state index contributed by atoms with van der Waals surface area (Å²) in [6.45, 7) is 2.23. The zero-order chi connectivity index (χ0) is 27.2. The van der Waals surface area contributed by atoms with Gasteiger partial charge in [0, 0.05) is 57.4 Å². The van der Waals surface area contributed by atoms with E-state index < -0.39 is 12.0 Å². The third-order valence-electron chi connectivity index (χ3n) is 7.04. The fourth-order valence-electron chi connectivity index (χ4n) is 4.96. The van der Waals surface area contributed by atoms with Crippen molar-refractivity contribution in [1.29, 1.82) is 0 Å². The fourth-order valence-corrected chi connectivity index (χ4v) is 4.96. The van der Waals surface area contributed by atoms with Crippen molar-refractivity contribution in [1.82, 2.24) is 29.2 Å². The standard InChI is InChI=1S/C28H36N8O3/c29-26(39)19-33(12-2-16-37)18-24(38)9-14-34-15-10-25-27(34)30-20-31-28(25)35(22-7-8-22)17-21-3-5-23(6-4-21)36-13-1-11-32-36/h1,3-6,10-11,13,15,20,22,24,37-38H,2,7-9,12,14,16-19H2,(H2,29,39). The normalized spacial score (nSPS) is 14.2. The molecule has 1 aliphatic carbocycles. The van der Waals surface area contributed by atoms with Gasteiger partial charge in [0.25, 0.3) is 0 Å². The molecular formula is C28H36N8O3. The molecule has 206 valence electrons. The summed E-state index contributed by atoms with van der Waals surface area (Å²) in [7, 11) is 0. The average molecular weight is 533 g/mol. The zero-order valence-electron chi connectivity index (χ0n) is 22.0. The zero-order valence-corrected chi connectivity index (χ0v) is 22.0. The molecule has 4 aromatic rings. The molecule has 0 bridgehead atoms. The van der Waals surface area contributed by atoms with E-state index in [1.54, 1.807) is 17.4 Å². The largest absolute Gasteiger partial charge is 0.396 e. The minimum atomic E-state index is -0.644. The van der Waals surface area contributed by atoms with Crippen LogP contribution in [0.3, 0.4) is 0 Å². The number of rotatable bonds is 15. The van der Waals surface area contributed by atoms with Crippen molar-refractivity contribution in [2.24, 2.45) is 5.73 Å². The number of aliphatic hydroxyl groups is 2. The molecule has 1 aromatic carbocycles. The van der Waals surface area contributed by atoms with Crippen molar-refractivity contribution in [2.75, 3.05) is 31.1 Å². The van der Waals surface area contributed by atoms with Gasteiger partial charge in [-0.25, -0.2) is 14.6 Å². The van der Waals surface area contributed by atoms with Crippen LogP contribution in [-0.2, 0) is 17.9 Å². The first kappa shape index (κ1) is 26.8. The van der Waals surface area contributed by atoms with E-state index in [1.807, 2.05) is 33.8 Å². The Hall–Kier alpha value is -3.80. The lowest BCUT2D eigenvalue weighted by atomic mass is 10.2. The number of primary amides is 1. The molecule has 11 nitrogen and oxygen atoms in total. The summed E-state index contributed by atoms with van der Waals surface area (Å²) in [5, 5.41) is 25.1. The summed E-state index contributed by atoms with van der Waals surface area (Å²) in [4.78, 5) is 24.8. The highest BCUT2D eigenvalue weighted by Gasteiger charge is 2.31. The van der Waals surface area contributed by atoms with Crippen molar-refractivity contribution < 1.29 is 15.0 Å². The predicted molar refractivity (Wildman–Crippen MR) is 148 cm³/mol. The van der Waals surface area contributed by atoms with Crippen LogP contribution in [0, 0.1) is 0 Å².